The Hall–Kier alpha value is -0.580. The number of rotatable bonds is 6. The fraction of sp³-hybridized carbons (Fsp3) is 0.647. The van der Waals surface area contributed by atoms with Crippen molar-refractivity contribution in [2.24, 2.45) is 11.7 Å². The zero-order valence-electron chi connectivity index (χ0n) is 13.1. The molecule has 21 heavy (non-hydrogen) atoms. The highest BCUT2D eigenvalue weighted by molar-refractivity contribution is 9.10. The lowest BCUT2D eigenvalue weighted by atomic mass is 10.0. The molecule has 0 amide bonds. The fourth-order valence-electron chi connectivity index (χ4n) is 2.81. The van der Waals surface area contributed by atoms with E-state index in [0.717, 1.165) is 37.1 Å². The van der Waals surface area contributed by atoms with Crippen LogP contribution in [0.4, 0.5) is 5.69 Å². The van der Waals surface area contributed by atoms with Crippen molar-refractivity contribution in [3.63, 3.8) is 0 Å². The van der Waals surface area contributed by atoms with Crippen LogP contribution in [0.5, 0.6) is 0 Å². The third-order valence-electron chi connectivity index (χ3n) is 4.27. The van der Waals surface area contributed by atoms with Crippen LogP contribution in [-0.4, -0.2) is 32.8 Å². The highest BCUT2D eigenvalue weighted by Crippen LogP contribution is 2.26. The number of hydrogen-bond acceptors (Lipinski definition) is 3. The maximum Gasteiger partial charge on any atom is 0.0511 e. The Morgan fingerprint density at radius 2 is 2.29 bits per heavy atom. The van der Waals surface area contributed by atoms with E-state index < -0.39 is 0 Å². The molecule has 0 bridgehead atoms. The first-order chi connectivity index (χ1) is 10.1. The number of benzene rings is 1. The molecule has 3 nitrogen and oxygen atoms in total. The first kappa shape index (κ1) is 16.8. The average molecular weight is 355 g/mol. The van der Waals surface area contributed by atoms with Crippen molar-refractivity contribution < 1.29 is 4.74 Å². The summed E-state index contributed by atoms with van der Waals surface area (Å²) < 4.78 is 6.73. The zero-order chi connectivity index (χ0) is 15.2. The predicted octanol–water partition coefficient (Wildman–Crippen LogP) is 3.59. The van der Waals surface area contributed by atoms with Crippen molar-refractivity contribution in [1.29, 1.82) is 0 Å². The van der Waals surface area contributed by atoms with Crippen LogP contribution in [0.25, 0.3) is 0 Å². The maximum absolute atomic E-state index is 6.05. The smallest absolute Gasteiger partial charge is 0.0511 e. The maximum atomic E-state index is 6.05. The second-order valence-corrected chi connectivity index (χ2v) is 6.97. The van der Waals surface area contributed by atoms with Crippen LogP contribution in [0.1, 0.15) is 31.7 Å². The van der Waals surface area contributed by atoms with Crippen LogP contribution in [-0.2, 0) is 11.2 Å². The van der Waals surface area contributed by atoms with Crippen LogP contribution >= 0.6 is 15.9 Å². The number of ether oxygens (including phenoxy) is 1. The van der Waals surface area contributed by atoms with Gasteiger partial charge in [-0.1, -0.05) is 28.9 Å². The van der Waals surface area contributed by atoms with Gasteiger partial charge >= 0.3 is 0 Å². The van der Waals surface area contributed by atoms with E-state index in [-0.39, 0.29) is 6.04 Å². The van der Waals surface area contributed by atoms with Gasteiger partial charge < -0.3 is 15.4 Å². The topological polar surface area (TPSA) is 38.5 Å². The minimum atomic E-state index is 0.240. The summed E-state index contributed by atoms with van der Waals surface area (Å²) >= 11 is 3.69. The van der Waals surface area contributed by atoms with Gasteiger partial charge in [0.2, 0.25) is 0 Å². The van der Waals surface area contributed by atoms with Crippen LogP contribution in [0, 0.1) is 5.92 Å². The van der Waals surface area contributed by atoms with Gasteiger partial charge in [0, 0.05) is 36.4 Å². The van der Waals surface area contributed by atoms with E-state index in [9.17, 15) is 0 Å². The van der Waals surface area contributed by atoms with Crippen LogP contribution in [0.3, 0.4) is 0 Å². The Labute approximate surface area is 137 Å². The first-order valence-electron chi connectivity index (χ1n) is 7.93. The van der Waals surface area contributed by atoms with E-state index in [2.05, 4.69) is 53.0 Å². The molecule has 2 N–H and O–H groups in total. The van der Waals surface area contributed by atoms with Gasteiger partial charge in [-0.25, -0.2) is 0 Å². The molecular formula is C17H27BrN2O. The lowest BCUT2D eigenvalue weighted by Crippen LogP contribution is -2.30. The highest BCUT2D eigenvalue weighted by Gasteiger charge is 2.16. The standard InChI is InChI=1S/C17H27BrN2O/c1-3-15(19)9-14-6-7-16(10-17(14)18)20(2)11-13-5-4-8-21-12-13/h6-7,10,13,15H,3-5,8-9,11-12,19H2,1-2H3. The Morgan fingerprint density at radius 3 is 2.90 bits per heavy atom. The van der Waals surface area contributed by atoms with Crippen molar-refractivity contribution in [3.8, 4) is 0 Å². The summed E-state index contributed by atoms with van der Waals surface area (Å²) in [5.41, 5.74) is 8.60. The normalized spacial score (nSPS) is 20.3. The minimum Gasteiger partial charge on any atom is -0.381 e. The lowest BCUT2D eigenvalue weighted by molar-refractivity contribution is 0.0576. The van der Waals surface area contributed by atoms with Gasteiger partial charge in [0.15, 0.2) is 0 Å². The van der Waals surface area contributed by atoms with Crippen molar-refractivity contribution in [3.05, 3.63) is 28.2 Å². The molecule has 1 fully saturated rings. The van der Waals surface area contributed by atoms with E-state index in [4.69, 9.17) is 10.5 Å². The van der Waals surface area contributed by atoms with Crippen LogP contribution < -0.4 is 10.6 Å². The molecule has 1 saturated heterocycles. The van der Waals surface area contributed by atoms with Crippen LogP contribution in [0.2, 0.25) is 0 Å². The molecule has 0 saturated carbocycles. The molecule has 4 heteroatoms. The van der Waals surface area contributed by atoms with Gasteiger partial charge in [-0.15, -0.1) is 0 Å². The molecule has 1 heterocycles. The molecule has 1 aliphatic rings. The molecule has 2 rings (SSSR count). The summed E-state index contributed by atoms with van der Waals surface area (Å²) in [5, 5.41) is 0. The summed E-state index contributed by atoms with van der Waals surface area (Å²) in [5.74, 6) is 0.649. The molecule has 1 aliphatic heterocycles. The Balaban J connectivity index is 1.97. The monoisotopic (exact) mass is 354 g/mol. The zero-order valence-corrected chi connectivity index (χ0v) is 14.7. The number of hydrogen-bond donors (Lipinski definition) is 1. The molecule has 2 unspecified atom stereocenters. The average Bonchev–Trinajstić information content (AvgIpc) is 2.50. The lowest BCUT2D eigenvalue weighted by Gasteiger charge is -2.28. The van der Waals surface area contributed by atoms with Gasteiger partial charge in [-0.2, -0.15) is 0 Å². The summed E-state index contributed by atoms with van der Waals surface area (Å²) in [4.78, 5) is 2.33. The van der Waals surface area contributed by atoms with Crippen LogP contribution in [0.15, 0.2) is 22.7 Å². The summed E-state index contributed by atoms with van der Waals surface area (Å²) in [6.07, 6.45) is 4.40. The highest BCUT2D eigenvalue weighted by atomic mass is 79.9. The SMILES string of the molecule is CCC(N)Cc1ccc(N(C)CC2CCCOC2)cc1Br. The molecular weight excluding hydrogens is 328 g/mol. The minimum absolute atomic E-state index is 0.240. The number of nitrogens with zero attached hydrogens (tertiary/aromatic N) is 1. The third kappa shape index (κ3) is 4.97. The van der Waals surface area contributed by atoms with Gasteiger partial charge in [-0.3, -0.25) is 0 Å². The fourth-order valence-corrected chi connectivity index (χ4v) is 3.34. The molecule has 1 aromatic carbocycles. The molecule has 0 aliphatic carbocycles. The molecule has 118 valence electrons. The second-order valence-electron chi connectivity index (χ2n) is 6.11. The first-order valence-corrected chi connectivity index (χ1v) is 8.72. The van der Waals surface area contributed by atoms with Crippen molar-refractivity contribution in [2.45, 2.75) is 38.6 Å². The van der Waals surface area contributed by atoms with Gasteiger partial charge in [0.05, 0.1) is 6.61 Å². The summed E-state index contributed by atoms with van der Waals surface area (Å²) in [6, 6.07) is 6.85. The van der Waals surface area contributed by atoms with Crippen molar-refractivity contribution >= 4 is 21.6 Å². The van der Waals surface area contributed by atoms with E-state index in [1.165, 1.54) is 24.1 Å². The Kier molecular flexibility index (Phi) is 6.52. The molecule has 0 radical (unpaired) electrons. The molecule has 0 spiro atoms. The molecule has 2 atom stereocenters. The second kappa shape index (κ2) is 8.16. The van der Waals surface area contributed by atoms with Gasteiger partial charge in [0.1, 0.15) is 0 Å². The predicted molar refractivity (Wildman–Crippen MR) is 92.9 cm³/mol. The van der Waals surface area contributed by atoms with E-state index >= 15 is 0 Å². The quantitative estimate of drug-likeness (QED) is 0.848. The summed E-state index contributed by atoms with van der Waals surface area (Å²) in [7, 11) is 2.16. The van der Waals surface area contributed by atoms with E-state index in [1.807, 2.05) is 0 Å². The number of anilines is 1. The number of nitrogens with two attached hydrogens (primary N) is 1. The van der Waals surface area contributed by atoms with Gasteiger partial charge in [0.25, 0.3) is 0 Å². The van der Waals surface area contributed by atoms with Crippen molar-refractivity contribution in [2.75, 3.05) is 31.7 Å². The third-order valence-corrected chi connectivity index (χ3v) is 5.01. The van der Waals surface area contributed by atoms with E-state index in [0.29, 0.717) is 5.92 Å². The molecule has 0 aromatic heterocycles. The number of halogens is 1. The van der Waals surface area contributed by atoms with Gasteiger partial charge in [-0.05, 0) is 49.3 Å². The van der Waals surface area contributed by atoms with E-state index in [1.54, 1.807) is 0 Å². The van der Waals surface area contributed by atoms with Crippen molar-refractivity contribution in [1.82, 2.24) is 0 Å². The Morgan fingerprint density at radius 1 is 1.48 bits per heavy atom. The Bertz CT molecular complexity index is 446. The summed E-state index contributed by atoms with van der Waals surface area (Å²) in [6.45, 7) is 5.01. The molecule has 1 aromatic rings. The largest absolute Gasteiger partial charge is 0.381 e.